The molecule has 1 atom stereocenters. The third-order valence-electron chi connectivity index (χ3n) is 3.70. The first-order valence-electron chi connectivity index (χ1n) is 6.85. The van der Waals surface area contributed by atoms with Gasteiger partial charge >= 0.3 is 5.97 Å². The minimum absolute atomic E-state index is 0.251. The molecular formula is C15H23FN2O2. The number of benzene rings is 1. The Morgan fingerprint density at radius 3 is 2.45 bits per heavy atom. The summed E-state index contributed by atoms with van der Waals surface area (Å²) in [6.07, 6.45) is 1.28. The minimum atomic E-state index is -0.901. The van der Waals surface area contributed by atoms with Gasteiger partial charge in [0, 0.05) is 18.8 Å². The highest BCUT2D eigenvalue weighted by molar-refractivity contribution is 5.78. The van der Waals surface area contributed by atoms with Crippen LogP contribution in [0.4, 0.5) is 10.1 Å². The average molecular weight is 282 g/mol. The van der Waals surface area contributed by atoms with Crippen LogP contribution >= 0.6 is 0 Å². The van der Waals surface area contributed by atoms with E-state index < -0.39 is 11.5 Å². The average Bonchev–Trinajstić information content (AvgIpc) is 2.44. The van der Waals surface area contributed by atoms with Gasteiger partial charge in [-0.1, -0.05) is 0 Å². The Morgan fingerprint density at radius 2 is 2.00 bits per heavy atom. The first kappa shape index (κ1) is 16.4. The fraction of sp³-hybridized carbons (Fsp3) is 0.533. The highest BCUT2D eigenvalue weighted by Crippen LogP contribution is 2.17. The summed E-state index contributed by atoms with van der Waals surface area (Å²) in [6.45, 7) is 5.25. The summed E-state index contributed by atoms with van der Waals surface area (Å²) < 4.78 is 12.9. The molecule has 0 aromatic heterocycles. The monoisotopic (exact) mass is 282 g/mol. The normalized spacial score (nSPS) is 13.8. The van der Waals surface area contributed by atoms with E-state index in [9.17, 15) is 14.3 Å². The van der Waals surface area contributed by atoms with E-state index in [4.69, 9.17) is 0 Å². The van der Waals surface area contributed by atoms with Crippen molar-refractivity contribution in [2.45, 2.75) is 32.2 Å². The molecule has 1 aromatic rings. The van der Waals surface area contributed by atoms with Crippen molar-refractivity contribution in [2.75, 3.05) is 25.0 Å². The molecule has 0 fully saturated rings. The summed E-state index contributed by atoms with van der Waals surface area (Å²) in [5.74, 6) is -1.09. The zero-order valence-corrected chi connectivity index (χ0v) is 12.3. The van der Waals surface area contributed by atoms with Gasteiger partial charge in [-0.2, -0.15) is 0 Å². The predicted molar refractivity (Wildman–Crippen MR) is 78.6 cm³/mol. The Balaban J connectivity index is 2.58. The van der Waals surface area contributed by atoms with Crippen LogP contribution in [-0.4, -0.2) is 36.8 Å². The van der Waals surface area contributed by atoms with Crippen LogP contribution in [0.1, 0.15) is 26.7 Å². The number of carboxylic acids is 1. The first-order chi connectivity index (χ1) is 9.42. The molecule has 0 bridgehead atoms. The topological polar surface area (TPSA) is 52.6 Å². The molecule has 0 saturated carbocycles. The molecule has 0 aliphatic rings. The number of halogens is 1. The molecule has 1 unspecified atom stereocenters. The SMILES string of the molecule is CCN(CCCC(C)(NC)C(=O)O)c1ccc(F)cc1. The first-order valence-corrected chi connectivity index (χ1v) is 6.85. The van der Waals surface area contributed by atoms with Gasteiger partial charge in [0.1, 0.15) is 11.4 Å². The molecule has 4 nitrogen and oxygen atoms in total. The van der Waals surface area contributed by atoms with E-state index in [2.05, 4.69) is 10.2 Å². The number of likely N-dealkylation sites (N-methyl/N-ethyl adjacent to an activating group) is 1. The Morgan fingerprint density at radius 1 is 1.40 bits per heavy atom. The van der Waals surface area contributed by atoms with E-state index >= 15 is 0 Å². The molecule has 1 aromatic carbocycles. The van der Waals surface area contributed by atoms with E-state index in [1.807, 2.05) is 6.92 Å². The van der Waals surface area contributed by atoms with Gasteiger partial charge in [0.25, 0.3) is 0 Å². The third kappa shape index (κ3) is 4.20. The number of nitrogens with one attached hydrogen (secondary N) is 1. The maximum atomic E-state index is 12.9. The van der Waals surface area contributed by atoms with Crippen molar-refractivity contribution in [1.29, 1.82) is 0 Å². The summed E-state index contributed by atoms with van der Waals surface area (Å²) in [6, 6.07) is 6.36. The van der Waals surface area contributed by atoms with Crippen LogP contribution in [0, 0.1) is 5.82 Å². The summed E-state index contributed by atoms with van der Waals surface area (Å²) in [7, 11) is 1.66. The van der Waals surface area contributed by atoms with Gasteiger partial charge in [-0.15, -0.1) is 0 Å². The third-order valence-corrected chi connectivity index (χ3v) is 3.70. The summed E-state index contributed by atoms with van der Waals surface area (Å²) in [5, 5.41) is 12.0. The molecular weight excluding hydrogens is 259 g/mol. The quantitative estimate of drug-likeness (QED) is 0.769. The number of carboxylic acid groups (broad SMARTS) is 1. The predicted octanol–water partition coefficient (Wildman–Crippen LogP) is 2.49. The number of nitrogens with zero attached hydrogens (tertiary/aromatic N) is 1. The second kappa shape index (κ2) is 7.24. The second-order valence-electron chi connectivity index (χ2n) is 5.05. The van der Waals surface area contributed by atoms with Crippen LogP contribution in [0.3, 0.4) is 0 Å². The van der Waals surface area contributed by atoms with Gasteiger partial charge < -0.3 is 15.3 Å². The number of carbonyl (C=O) groups is 1. The van der Waals surface area contributed by atoms with Crippen molar-refractivity contribution >= 4 is 11.7 Å². The van der Waals surface area contributed by atoms with Crippen molar-refractivity contribution in [3.05, 3.63) is 30.1 Å². The number of rotatable bonds is 8. The molecule has 0 aliphatic heterocycles. The summed E-state index contributed by atoms with van der Waals surface area (Å²) in [5.41, 5.74) is 0.0535. The van der Waals surface area contributed by atoms with Crippen LogP contribution < -0.4 is 10.2 Å². The molecule has 0 heterocycles. The van der Waals surface area contributed by atoms with Crippen LogP contribution in [0.25, 0.3) is 0 Å². The standard InChI is InChI=1S/C15H23FN2O2/c1-4-18(13-8-6-12(16)7-9-13)11-5-10-15(2,17-3)14(19)20/h6-9,17H,4-5,10-11H2,1-3H3,(H,19,20). The Kier molecular flexibility index (Phi) is 5.95. The minimum Gasteiger partial charge on any atom is -0.480 e. The van der Waals surface area contributed by atoms with Gasteiger partial charge in [0.15, 0.2) is 0 Å². The molecule has 0 spiro atoms. The van der Waals surface area contributed by atoms with Crippen molar-refractivity contribution in [3.8, 4) is 0 Å². The van der Waals surface area contributed by atoms with Crippen LogP contribution in [-0.2, 0) is 4.79 Å². The number of anilines is 1. The molecule has 20 heavy (non-hydrogen) atoms. The fourth-order valence-electron chi connectivity index (χ4n) is 2.08. The van der Waals surface area contributed by atoms with Gasteiger partial charge in [0.05, 0.1) is 0 Å². The Hall–Kier alpha value is -1.62. The molecule has 0 saturated heterocycles. The highest BCUT2D eigenvalue weighted by atomic mass is 19.1. The van der Waals surface area contributed by atoms with Crippen LogP contribution in [0.2, 0.25) is 0 Å². The molecule has 1 rings (SSSR count). The lowest BCUT2D eigenvalue weighted by Gasteiger charge is -2.27. The molecule has 0 amide bonds. The fourth-order valence-corrected chi connectivity index (χ4v) is 2.08. The van der Waals surface area contributed by atoms with Gasteiger partial charge in [-0.3, -0.25) is 4.79 Å². The largest absolute Gasteiger partial charge is 0.480 e. The van der Waals surface area contributed by atoms with Gasteiger partial charge in [-0.25, -0.2) is 4.39 Å². The lowest BCUT2D eigenvalue weighted by Crippen LogP contribution is -2.47. The number of aliphatic carboxylic acids is 1. The van der Waals surface area contributed by atoms with Crippen LogP contribution in [0.15, 0.2) is 24.3 Å². The molecule has 5 heteroatoms. The van der Waals surface area contributed by atoms with Crippen molar-refractivity contribution in [1.82, 2.24) is 5.32 Å². The zero-order chi connectivity index (χ0) is 15.2. The zero-order valence-electron chi connectivity index (χ0n) is 12.3. The second-order valence-corrected chi connectivity index (χ2v) is 5.05. The molecule has 112 valence electrons. The Labute approximate surface area is 119 Å². The van der Waals surface area contributed by atoms with Gasteiger partial charge in [-0.05, 0) is 58.0 Å². The van der Waals surface area contributed by atoms with E-state index in [1.165, 1.54) is 12.1 Å². The molecule has 0 radical (unpaired) electrons. The lowest BCUT2D eigenvalue weighted by molar-refractivity contribution is -0.144. The van der Waals surface area contributed by atoms with Gasteiger partial charge in [0.2, 0.25) is 0 Å². The van der Waals surface area contributed by atoms with Crippen molar-refractivity contribution in [2.24, 2.45) is 0 Å². The summed E-state index contributed by atoms with van der Waals surface area (Å²) >= 11 is 0. The highest BCUT2D eigenvalue weighted by Gasteiger charge is 2.30. The smallest absolute Gasteiger partial charge is 0.323 e. The van der Waals surface area contributed by atoms with Crippen LogP contribution in [0.5, 0.6) is 0 Å². The van der Waals surface area contributed by atoms with E-state index in [-0.39, 0.29) is 5.82 Å². The lowest BCUT2D eigenvalue weighted by atomic mass is 9.96. The maximum absolute atomic E-state index is 12.9. The van der Waals surface area contributed by atoms with Crippen molar-refractivity contribution < 1.29 is 14.3 Å². The van der Waals surface area contributed by atoms with Crippen molar-refractivity contribution in [3.63, 3.8) is 0 Å². The summed E-state index contributed by atoms with van der Waals surface area (Å²) in [4.78, 5) is 13.3. The Bertz CT molecular complexity index is 436. The van der Waals surface area contributed by atoms with E-state index in [0.29, 0.717) is 6.42 Å². The molecule has 0 aliphatic carbocycles. The number of hydrogen-bond acceptors (Lipinski definition) is 3. The maximum Gasteiger partial charge on any atom is 0.323 e. The molecule has 2 N–H and O–H groups in total. The number of hydrogen-bond donors (Lipinski definition) is 2. The van der Waals surface area contributed by atoms with E-state index in [1.54, 1.807) is 26.1 Å². The van der Waals surface area contributed by atoms with E-state index in [0.717, 1.165) is 25.2 Å².